The van der Waals surface area contributed by atoms with Gasteiger partial charge in [-0.3, -0.25) is 0 Å². The lowest BCUT2D eigenvalue weighted by Crippen LogP contribution is -2.12. The van der Waals surface area contributed by atoms with Crippen molar-refractivity contribution in [1.82, 2.24) is 0 Å². The van der Waals surface area contributed by atoms with Crippen LogP contribution in [0.4, 0.5) is 4.39 Å². The van der Waals surface area contributed by atoms with Crippen molar-refractivity contribution in [1.29, 1.82) is 0 Å². The van der Waals surface area contributed by atoms with Crippen LogP contribution in [0.15, 0.2) is 30.4 Å². The molecule has 0 saturated heterocycles. The third kappa shape index (κ3) is 6.94. The first-order valence-electron chi connectivity index (χ1n) is 9.83. The largest absolute Gasteiger partial charge is 0.494 e. The van der Waals surface area contributed by atoms with Crippen molar-refractivity contribution in [2.75, 3.05) is 6.61 Å². The molecule has 0 aromatic heterocycles. The molecule has 1 aliphatic rings. The van der Waals surface area contributed by atoms with Gasteiger partial charge in [-0.2, -0.15) is 0 Å². The van der Waals surface area contributed by atoms with Gasteiger partial charge in [0.1, 0.15) is 11.6 Å². The van der Waals surface area contributed by atoms with Gasteiger partial charge >= 0.3 is 0 Å². The Morgan fingerprint density at radius 1 is 1.16 bits per heavy atom. The third-order valence-corrected chi connectivity index (χ3v) is 5.02. The minimum atomic E-state index is -0.320. The Hall–Kier alpha value is -1.75. The van der Waals surface area contributed by atoms with Crippen molar-refractivity contribution in [2.24, 2.45) is 11.8 Å². The zero-order valence-corrected chi connectivity index (χ0v) is 15.7. The normalized spacial score (nSPS) is 20.3. The van der Waals surface area contributed by atoms with Crippen LogP contribution in [0.2, 0.25) is 0 Å². The maximum Gasteiger partial charge on any atom is 0.142 e. The van der Waals surface area contributed by atoms with Crippen LogP contribution in [0.1, 0.15) is 70.8 Å². The summed E-state index contributed by atoms with van der Waals surface area (Å²) in [6, 6.07) is 4.85. The predicted octanol–water partition coefficient (Wildman–Crippen LogP) is 6.52. The first-order valence-corrected chi connectivity index (χ1v) is 9.83. The average Bonchev–Trinajstić information content (AvgIpc) is 2.62. The number of ether oxygens (including phenoxy) is 1. The Balaban J connectivity index is 1.78. The van der Waals surface area contributed by atoms with Crippen LogP contribution in [-0.4, -0.2) is 6.61 Å². The summed E-state index contributed by atoms with van der Waals surface area (Å²) >= 11 is 0. The first-order chi connectivity index (χ1) is 12.2. The maximum absolute atomic E-state index is 13.9. The van der Waals surface area contributed by atoms with E-state index in [-0.39, 0.29) is 5.82 Å². The molecule has 1 fully saturated rings. The summed E-state index contributed by atoms with van der Waals surface area (Å²) in [4.78, 5) is 0. The molecule has 0 N–H and O–H groups in total. The second kappa shape index (κ2) is 11.0. The Morgan fingerprint density at radius 3 is 2.64 bits per heavy atom. The summed E-state index contributed by atoms with van der Waals surface area (Å²) < 4.78 is 19.2. The van der Waals surface area contributed by atoms with E-state index in [2.05, 4.69) is 24.8 Å². The van der Waals surface area contributed by atoms with Gasteiger partial charge in [0.05, 0.1) is 12.2 Å². The standard InChI is InChI=1S/C23H31FO/c1-3-5-6-9-19-12-14-20(15-13-19)10-7-8-11-21-16-17-22(25-4-2)18-23(21)24/h7,10,16-20H,3-6,9,12-15H2,1-2H3. The summed E-state index contributed by atoms with van der Waals surface area (Å²) in [5.74, 6) is 7.68. The Kier molecular flexibility index (Phi) is 8.60. The highest BCUT2D eigenvalue weighted by Gasteiger charge is 2.18. The smallest absolute Gasteiger partial charge is 0.142 e. The van der Waals surface area contributed by atoms with Crippen LogP contribution >= 0.6 is 0 Å². The second-order valence-electron chi connectivity index (χ2n) is 6.98. The molecule has 0 atom stereocenters. The number of halogens is 1. The molecule has 0 heterocycles. The van der Waals surface area contributed by atoms with E-state index >= 15 is 0 Å². The summed E-state index contributed by atoms with van der Waals surface area (Å²) in [7, 11) is 0. The lowest BCUT2D eigenvalue weighted by atomic mass is 9.79. The van der Waals surface area contributed by atoms with Gasteiger partial charge in [0.25, 0.3) is 0 Å². The number of benzene rings is 1. The molecule has 0 spiro atoms. The molecule has 1 nitrogen and oxygen atoms in total. The topological polar surface area (TPSA) is 9.23 Å². The van der Waals surface area contributed by atoms with Gasteiger partial charge < -0.3 is 4.74 Å². The Bertz CT molecular complexity index is 600. The van der Waals surface area contributed by atoms with Crippen molar-refractivity contribution in [2.45, 2.75) is 65.2 Å². The minimum absolute atomic E-state index is 0.320. The fraction of sp³-hybridized carbons (Fsp3) is 0.565. The Labute approximate surface area is 152 Å². The van der Waals surface area contributed by atoms with E-state index in [1.165, 1.54) is 57.4 Å². The number of hydrogen-bond donors (Lipinski definition) is 0. The van der Waals surface area contributed by atoms with E-state index in [4.69, 9.17) is 4.74 Å². The fourth-order valence-electron chi connectivity index (χ4n) is 3.51. The van der Waals surface area contributed by atoms with Crippen LogP contribution in [0.3, 0.4) is 0 Å². The van der Waals surface area contributed by atoms with E-state index < -0.39 is 0 Å². The van der Waals surface area contributed by atoms with E-state index in [1.54, 1.807) is 12.1 Å². The number of hydrogen-bond acceptors (Lipinski definition) is 1. The molecule has 2 rings (SSSR count). The lowest BCUT2D eigenvalue weighted by Gasteiger charge is -2.26. The molecule has 1 aromatic rings. The molecule has 0 amide bonds. The SMILES string of the molecule is CCCCCC1CCC(C=CC#Cc2ccc(OCC)cc2F)CC1. The number of unbranched alkanes of at least 4 members (excludes halogenated alkanes) is 2. The molecule has 0 unspecified atom stereocenters. The van der Waals surface area contributed by atoms with E-state index in [9.17, 15) is 4.39 Å². The maximum atomic E-state index is 13.9. The van der Waals surface area contributed by atoms with Gasteiger partial charge in [-0.25, -0.2) is 4.39 Å². The quantitative estimate of drug-likeness (QED) is 0.405. The van der Waals surface area contributed by atoms with E-state index in [0.717, 1.165) is 5.92 Å². The molecular formula is C23H31FO. The van der Waals surface area contributed by atoms with Crippen molar-refractivity contribution >= 4 is 0 Å². The molecule has 25 heavy (non-hydrogen) atoms. The van der Waals surface area contributed by atoms with Gasteiger partial charge in [0.15, 0.2) is 0 Å². The highest BCUT2D eigenvalue weighted by molar-refractivity contribution is 5.41. The van der Waals surface area contributed by atoms with Gasteiger partial charge in [0, 0.05) is 6.07 Å². The molecule has 0 radical (unpaired) electrons. The van der Waals surface area contributed by atoms with Crippen LogP contribution < -0.4 is 4.74 Å². The molecule has 1 aromatic carbocycles. The molecule has 0 aliphatic heterocycles. The van der Waals surface area contributed by atoms with E-state index in [0.29, 0.717) is 23.8 Å². The van der Waals surface area contributed by atoms with Crippen molar-refractivity contribution in [3.63, 3.8) is 0 Å². The number of rotatable bonds is 7. The van der Waals surface area contributed by atoms with Crippen LogP contribution in [0, 0.1) is 29.5 Å². The zero-order chi connectivity index (χ0) is 17.9. The van der Waals surface area contributed by atoms with Gasteiger partial charge in [0.2, 0.25) is 0 Å². The van der Waals surface area contributed by atoms with Crippen LogP contribution in [0.25, 0.3) is 0 Å². The number of allylic oxidation sites excluding steroid dienone is 2. The predicted molar refractivity (Wildman–Crippen MR) is 103 cm³/mol. The first kappa shape index (κ1) is 19.6. The van der Waals surface area contributed by atoms with Gasteiger partial charge in [-0.1, -0.05) is 50.5 Å². The fourth-order valence-corrected chi connectivity index (χ4v) is 3.51. The van der Waals surface area contributed by atoms with Gasteiger partial charge in [-0.15, -0.1) is 0 Å². The monoisotopic (exact) mass is 342 g/mol. The summed E-state index contributed by atoms with van der Waals surface area (Å²) in [5.41, 5.74) is 0.424. The van der Waals surface area contributed by atoms with Crippen LogP contribution in [0.5, 0.6) is 5.75 Å². The highest BCUT2D eigenvalue weighted by Crippen LogP contribution is 2.32. The summed E-state index contributed by atoms with van der Waals surface area (Å²) in [5, 5.41) is 0. The van der Waals surface area contributed by atoms with E-state index in [1.807, 2.05) is 13.0 Å². The highest BCUT2D eigenvalue weighted by atomic mass is 19.1. The van der Waals surface area contributed by atoms with Crippen molar-refractivity contribution in [3.8, 4) is 17.6 Å². The summed E-state index contributed by atoms with van der Waals surface area (Å²) in [6.45, 7) is 4.69. The molecular weight excluding hydrogens is 311 g/mol. The molecule has 136 valence electrons. The van der Waals surface area contributed by atoms with Crippen molar-refractivity contribution in [3.05, 3.63) is 41.7 Å². The van der Waals surface area contributed by atoms with Crippen molar-refractivity contribution < 1.29 is 9.13 Å². The minimum Gasteiger partial charge on any atom is -0.494 e. The average molecular weight is 342 g/mol. The zero-order valence-electron chi connectivity index (χ0n) is 15.7. The summed E-state index contributed by atoms with van der Waals surface area (Å²) in [6.07, 6.45) is 14.8. The molecule has 2 heteroatoms. The van der Waals surface area contributed by atoms with Gasteiger partial charge in [-0.05, 0) is 62.7 Å². The Morgan fingerprint density at radius 2 is 1.96 bits per heavy atom. The molecule has 1 aliphatic carbocycles. The lowest BCUT2D eigenvalue weighted by molar-refractivity contribution is 0.289. The third-order valence-electron chi connectivity index (χ3n) is 5.02. The molecule has 0 bridgehead atoms. The molecule has 1 saturated carbocycles. The van der Waals surface area contributed by atoms with Crippen LogP contribution in [-0.2, 0) is 0 Å². The second-order valence-corrected chi connectivity index (χ2v) is 6.98.